The number of alkyl halides is 3. The average molecular weight is 1820 g/mol. The Balaban J connectivity index is 0.000000131. The van der Waals surface area contributed by atoms with Gasteiger partial charge in [0, 0.05) is 117 Å². The molecule has 3 unspecified atom stereocenters. The Labute approximate surface area is 759 Å². The molecule has 0 bridgehead atoms. The summed E-state index contributed by atoms with van der Waals surface area (Å²) in [5, 5.41) is 75.6. The minimum Gasteiger partial charge on any atom is -0.395 e. The van der Waals surface area contributed by atoms with Gasteiger partial charge in [-0.3, -0.25) is 34.7 Å². The van der Waals surface area contributed by atoms with Gasteiger partial charge in [-0.1, -0.05) is 121 Å². The zero-order valence-corrected chi connectivity index (χ0v) is 75.9. The number of nitrogens with one attached hydrogen (secondary N) is 2. The lowest BCUT2D eigenvalue weighted by molar-refractivity contribution is -0.230. The molecule has 127 heavy (non-hydrogen) atoms. The lowest BCUT2D eigenvalue weighted by Gasteiger charge is -2.41. The highest BCUT2D eigenvalue weighted by Gasteiger charge is 2.50. The summed E-state index contributed by atoms with van der Waals surface area (Å²) in [5.74, 6) is -0.438. The number of benzene rings is 8. The molecule has 8 aromatic carbocycles. The van der Waals surface area contributed by atoms with Gasteiger partial charge in [-0.15, -0.1) is 0 Å². The molecule has 678 valence electrons. The Morgan fingerprint density at radius 2 is 0.819 bits per heavy atom. The number of para-hydroxylation sites is 4. The normalized spacial score (nSPS) is 21.6. The fourth-order valence-corrected chi connectivity index (χ4v) is 23.3. The molecule has 10 aliphatic rings. The van der Waals surface area contributed by atoms with Crippen molar-refractivity contribution in [2.75, 3.05) is 157 Å². The van der Waals surface area contributed by atoms with E-state index < -0.39 is 65.3 Å². The van der Waals surface area contributed by atoms with Gasteiger partial charge in [-0.25, -0.2) is 0 Å². The van der Waals surface area contributed by atoms with Crippen molar-refractivity contribution < 1.29 is 72.8 Å². The van der Waals surface area contributed by atoms with Gasteiger partial charge in [0.05, 0.1) is 107 Å². The number of β-amino-alcohol motifs (C(OH)–C–C–N with tert-alkyl or cyclic N) is 2. The van der Waals surface area contributed by atoms with Crippen LogP contribution >= 0.6 is 47.0 Å². The van der Waals surface area contributed by atoms with Crippen molar-refractivity contribution >= 4 is 116 Å². The highest BCUT2D eigenvalue weighted by Crippen LogP contribution is 2.54. The van der Waals surface area contributed by atoms with Crippen LogP contribution in [0.2, 0.25) is 0 Å². The van der Waals surface area contributed by atoms with Crippen LogP contribution in [0.5, 0.6) is 0 Å². The second kappa shape index (κ2) is 42.0. The van der Waals surface area contributed by atoms with Gasteiger partial charge in [0.25, 0.3) is 0 Å². The van der Waals surface area contributed by atoms with Crippen LogP contribution in [0.3, 0.4) is 0 Å². The molecule has 6 fully saturated rings. The van der Waals surface area contributed by atoms with Gasteiger partial charge in [0.15, 0.2) is 0 Å². The number of anilines is 8. The third kappa shape index (κ3) is 22.2. The largest absolute Gasteiger partial charge is 0.416 e. The molecule has 8 aromatic rings. The number of carbonyl (C=O) groups excluding carboxylic acids is 4. The summed E-state index contributed by atoms with van der Waals surface area (Å²) in [6.07, 6.45) is -3.75. The third-order valence-electron chi connectivity index (χ3n) is 26.0. The standard InChI is InChI=1S/C28H39N3O5S.C24H27N3O3S.C24H27N3O2S.C21H25F3N2O2S/c1-19-7-8-25-21(17-19)31(20-5-2-3-6-24(20)37-25)11-4-10-29-13-15-30(16-14-29)12-9-22-26(33)28(35)27(34)23(18-32)36-22;1-16-6-7-21-19(12-16)27(18-4-2-3-5-20(18)31-21)15-17(28)14-26-10-8-24(9-11-26)13-22(29)25-23(24)30;1-17-7-8-21-19(15-17)27(18-5-2-3-6-20(18)30-21)12-4-11-26-13-9-24(10-14-26)16-22(28)25-23(24)29;1-2-9-25(10-11-27)13-16(28)14-26-17-5-3-4-6-19(17)29-20-8-7-15(12-18(20)26)21(22,23)24/h2-3,5-8,17,22-23,26-28,32-35H,4,9-16,18H2,1H3;2-7,12,17,28H,8-11,13-15H2,1H3,(H,25,29,30);2-3,5-8,15H,4,9-14,16H2,1H3,(H,25,28,29);3-8,12,16,27-28H,2,9-11,13-14H2,1H3/t22?,23-,26+,27-,28-;;;/m1.../s1. The van der Waals surface area contributed by atoms with Crippen molar-refractivity contribution in [3.63, 3.8) is 0 Å². The number of piperazine rings is 1. The third-order valence-corrected chi connectivity index (χ3v) is 30.5. The van der Waals surface area contributed by atoms with E-state index in [1.54, 1.807) is 16.7 Å². The van der Waals surface area contributed by atoms with Crippen LogP contribution in [-0.4, -0.2) is 264 Å². The summed E-state index contributed by atoms with van der Waals surface area (Å²) in [7, 11) is 0. The molecule has 7 atom stereocenters. The Hall–Kier alpha value is -8.09. The highest BCUT2D eigenvalue weighted by atomic mass is 32.2. The number of piperidine rings is 2. The first-order chi connectivity index (χ1) is 61.2. The molecular weight excluding hydrogens is 1700 g/mol. The second-order valence-electron chi connectivity index (χ2n) is 35.1. The highest BCUT2D eigenvalue weighted by molar-refractivity contribution is 8.00. The lowest BCUT2D eigenvalue weighted by Crippen LogP contribution is -2.59. The van der Waals surface area contributed by atoms with E-state index in [1.807, 2.05) is 71.7 Å². The molecule has 10 aliphatic heterocycles. The number of carbonyl (C=O) groups is 4. The molecule has 0 aromatic heterocycles. The van der Waals surface area contributed by atoms with Gasteiger partial charge in [-0.05, 0) is 238 Å². The van der Waals surface area contributed by atoms with E-state index in [-0.39, 0.29) is 43.4 Å². The molecule has 9 N–H and O–H groups in total. The number of likely N-dealkylation sites (tertiary alicyclic amines) is 2. The predicted octanol–water partition coefficient (Wildman–Crippen LogP) is 13.4. The quantitative estimate of drug-likeness (QED) is 0.0254. The van der Waals surface area contributed by atoms with Crippen LogP contribution in [0.25, 0.3) is 0 Å². The van der Waals surface area contributed by atoms with Crippen molar-refractivity contribution in [2.45, 2.75) is 180 Å². The van der Waals surface area contributed by atoms with E-state index in [1.165, 1.54) is 86.6 Å². The fraction of sp³-hybridized carbons (Fsp3) is 0.464. The van der Waals surface area contributed by atoms with Crippen LogP contribution < -0.4 is 30.2 Å². The van der Waals surface area contributed by atoms with Crippen molar-refractivity contribution in [3.05, 3.63) is 192 Å². The summed E-state index contributed by atoms with van der Waals surface area (Å²) in [6, 6.07) is 56.8. The van der Waals surface area contributed by atoms with Crippen LogP contribution in [-0.2, 0) is 30.1 Å². The predicted molar refractivity (Wildman–Crippen MR) is 493 cm³/mol. The van der Waals surface area contributed by atoms with Crippen molar-refractivity contribution in [2.24, 2.45) is 10.8 Å². The Morgan fingerprint density at radius 1 is 0.441 bits per heavy atom. The van der Waals surface area contributed by atoms with Crippen molar-refractivity contribution in [1.29, 1.82) is 0 Å². The Bertz CT molecular complexity index is 5170. The Morgan fingerprint density at radius 3 is 1.24 bits per heavy atom. The van der Waals surface area contributed by atoms with Gasteiger partial charge >= 0.3 is 6.18 Å². The summed E-state index contributed by atoms with van der Waals surface area (Å²) < 4.78 is 45.5. The number of imide groups is 2. The summed E-state index contributed by atoms with van der Waals surface area (Å²) in [6.45, 7) is 22.6. The second-order valence-corrected chi connectivity index (χ2v) is 39.4. The summed E-state index contributed by atoms with van der Waals surface area (Å²) in [5.41, 5.74) is 10.8. The minimum atomic E-state index is -4.43. The maximum Gasteiger partial charge on any atom is 0.416 e. The number of nitrogens with zero attached hydrogens (tertiary/aromatic N) is 9. The monoisotopic (exact) mass is 1810 g/mol. The first-order valence-corrected chi connectivity index (χ1v) is 47.8. The van der Waals surface area contributed by atoms with E-state index in [4.69, 9.17) is 4.74 Å². The number of amides is 4. The number of fused-ring (bicyclic) bond motifs is 8. The van der Waals surface area contributed by atoms with E-state index in [0.29, 0.717) is 64.0 Å². The van der Waals surface area contributed by atoms with Crippen molar-refractivity contribution in [3.8, 4) is 0 Å². The minimum absolute atomic E-state index is 0.00627. The fourth-order valence-electron chi connectivity index (χ4n) is 19.0. The van der Waals surface area contributed by atoms with Crippen LogP contribution in [0.15, 0.2) is 209 Å². The van der Waals surface area contributed by atoms with Gasteiger partial charge < -0.3 is 79.7 Å². The van der Waals surface area contributed by atoms with Crippen molar-refractivity contribution in [1.82, 2.24) is 35.1 Å². The first-order valence-electron chi connectivity index (χ1n) is 44.5. The van der Waals surface area contributed by atoms with E-state index in [0.717, 1.165) is 163 Å². The molecule has 30 heteroatoms. The van der Waals surface area contributed by atoms with Crippen LogP contribution in [0.4, 0.5) is 58.7 Å². The molecule has 0 radical (unpaired) electrons. The maximum atomic E-state index is 13.3. The number of hydrogen-bond acceptors (Lipinski definition) is 25. The molecule has 4 amide bonds. The van der Waals surface area contributed by atoms with E-state index in [9.17, 15) is 68.1 Å². The molecule has 10 heterocycles. The maximum absolute atomic E-state index is 13.3. The lowest BCUT2D eigenvalue weighted by atomic mass is 9.77. The SMILES string of the molecule is CCCN(CCO)CC(O)CN1c2ccccc2Sc2ccc(C(F)(F)F)cc21.Cc1ccc2c(c1)N(CC(O)CN1CCC3(CC1)CC(=O)NC3=O)c1ccccc1S2.Cc1ccc2c(c1)N(CCCN1CCC3(CC1)CC(=O)NC3=O)c1ccccc1S2.Cc1ccc2c(c1)N(CCCN1CCN(CCC3O[C@H](CO)[C@@H](O)[C@H](O)[C@H]3O)CC1)c1ccccc1S2. The number of ether oxygens (including phenoxy) is 1. The summed E-state index contributed by atoms with van der Waals surface area (Å²) >= 11 is 6.90. The number of halogens is 3. The molecule has 0 aliphatic carbocycles. The zero-order valence-electron chi connectivity index (χ0n) is 72.6. The number of hydrogen-bond donors (Lipinski definition) is 9. The number of aryl methyl sites for hydroxylation is 3. The van der Waals surface area contributed by atoms with Gasteiger partial charge in [0.1, 0.15) is 24.4 Å². The molecule has 2 spiro atoms. The number of rotatable bonds is 24. The molecular formula is C97H118F3N11O12S4. The molecule has 23 nitrogen and oxygen atoms in total. The Kier molecular flexibility index (Phi) is 30.9. The zero-order chi connectivity index (χ0) is 89.3. The van der Waals surface area contributed by atoms with Crippen LogP contribution in [0, 0.1) is 31.6 Å². The first kappa shape index (κ1) is 93.6. The summed E-state index contributed by atoms with van der Waals surface area (Å²) in [4.78, 5) is 77.4. The molecule has 18 rings (SSSR count). The van der Waals surface area contributed by atoms with E-state index >= 15 is 0 Å². The molecule has 0 saturated carbocycles. The van der Waals surface area contributed by atoms with Crippen LogP contribution in [0.1, 0.15) is 93.4 Å². The smallest absolute Gasteiger partial charge is 0.395 e. The van der Waals surface area contributed by atoms with E-state index in [2.05, 4.69) is 181 Å². The topological polar surface area (TPSA) is 272 Å². The number of aliphatic hydroxyl groups is 7. The molecule has 6 saturated heterocycles. The number of aliphatic hydroxyl groups excluding tert-OH is 7. The van der Waals surface area contributed by atoms with Gasteiger partial charge in [-0.2, -0.15) is 13.2 Å². The van der Waals surface area contributed by atoms with Gasteiger partial charge in [0.2, 0.25) is 23.6 Å². The average Bonchev–Trinajstić information content (AvgIpc) is 1.66.